The van der Waals surface area contributed by atoms with Crippen LogP contribution in [0.5, 0.6) is 0 Å². The van der Waals surface area contributed by atoms with Gasteiger partial charge in [0.25, 0.3) is 0 Å². The number of aliphatic carboxylic acids is 1. The number of nitrogens with one attached hydrogen (secondary N) is 1. The number of rotatable bonds is 0. The smallest absolute Gasteiger partial charge is 0.475 e. The Labute approximate surface area is 122 Å². The van der Waals surface area contributed by atoms with Crippen LogP contribution in [0.2, 0.25) is 0 Å². The monoisotopic (exact) mass is 319 g/mol. The Morgan fingerprint density at radius 2 is 2.05 bits per heavy atom. The third-order valence-electron chi connectivity index (χ3n) is 3.65. The quantitative estimate of drug-likeness (QED) is 0.675. The molecular formula is C12H12F3N3O2S. The highest BCUT2D eigenvalue weighted by Gasteiger charge is 2.47. The highest BCUT2D eigenvalue weighted by atomic mass is 32.1. The van der Waals surface area contributed by atoms with Gasteiger partial charge in [-0.2, -0.15) is 18.4 Å². The number of carbonyl (C=O) groups is 1. The number of carboxylic acid groups (broad SMARTS) is 1. The number of nitrogens with two attached hydrogens (primary N) is 1. The van der Waals surface area contributed by atoms with Crippen molar-refractivity contribution in [1.82, 2.24) is 5.32 Å². The molecule has 1 spiro atoms. The molecule has 5 nitrogen and oxygen atoms in total. The molecule has 0 bridgehead atoms. The second kappa shape index (κ2) is 5.20. The first-order valence-corrected chi connectivity index (χ1v) is 6.85. The van der Waals surface area contributed by atoms with Crippen molar-refractivity contribution in [2.24, 2.45) is 0 Å². The van der Waals surface area contributed by atoms with E-state index in [4.69, 9.17) is 20.9 Å². The third kappa shape index (κ3) is 2.69. The Morgan fingerprint density at radius 3 is 2.43 bits per heavy atom. The first-order valence-electron chi connectivity index (χ1n) is 6.04. The number of anilines is 1. The summed E-state index contributed by atoms with van der Waals surface area (Å²) in [5.74, 6) is -2.76. The number of nitrogens with zero attached hydrogens (tertiary/aromatic N) is 1. The van der Waals surface area contributed by atoms with E-state index in [2.05, 4.69) is 11.4 Å². The molecule has 4 N–H and O–H groups in total. The van der Waals surface area contributed by atoms with Crippen LogP contribution in [0, 0.1) is 11.3 Å². The number of nitrogen functional groups attached to an aromatic ring is 1. The molecule has 1 aliphatic carbocycles. The molecule has 0 amide bonds. The maximum absolute atomic E-state index is 10.6. The first kappa shape index (κ1) is 15.6. The van der Waals surface area contributed by atoms with Crippen molar-refractivity contribution in [1.29, 1.82) is 5.26 Å². The predicted molar refractivity (Wildman–Crippen MR) is 70.0 cm³/mol. The van der Waals surface area contributed by atoms with Crippen LogP contribution in [0.1, 0.15) is 22.4 Å². The molecular weight excluding hydrogens is 307 g/mol. The zero-order valence-electron chi connectivity index (χ0n) is 10.8. The number of thiophene rings is 1. The van der Waals surface area contributed by atoms with Crippen LogP contribution in [-0.2, 0) is 16.6 Å². The molecule has 1 aromatic rings. The zero-order valence-corrected chi connectivity index (χ0v) is 11.6. The molecule has 1 fully saturated rings. The van der Waals surface area contributed by atoms with Gasteiger partial charge in [-0.25, -0.2) is 4.79 Å². The van der Waals surface area contributed by atoms with Gasteiger partial charge < -0.3 is 16.2 Å². The second-order valence-electron chi connectivity index (χ2n) is 4.94. The molecule has 21 heavy (non-hydrogen) atoms. The van der Waals surface area contributed by atoms with E-state index in [1.807, 2.05) is 0 Å². The van der Waals surface area contributed by atoms with E-state index in [0.717, 1.165) is 25.1 Å². The molecule has 0 atom stereocenters. The summed E-state index contributed by atoms with van der Waals surface area (Å²) in [7, 11) is 0. The molecule has 0 unspecified atom stereocenters. The topological polar surface area (TPSA) is 99.1 Å². The van der Waals surface area contributed by atoms with E-state index in [-0.39, 0.29) is 5.41 Å². The van der Waals surface area contributed by atoms with E-state index in [9.17, 15) is 13.2 Å². The van der Waals surface area contributed by atoms with Gasteiger partial charge >= 0.3 is 12.1 Å². The fourth-order valence-electron chi connectivity index (χ4n) is 2.60. The van der Waals surface area contributed by atoms with E-state index < -0.39 is 12.1 Å². The molecule has 1 aromatic heterocycles. The molecule has 1 aliphatic heterocycles. The minimum absolute atomic E-state index is 0.258. The average molecular weight is 319 g/mol. The second-order valence-corrected chi connectivity index (χ2v) is 6.07. The average Bonchev–Trinajstić information content (AvgIpc) is 2.82. The van der Waals surface area contributed by atoms with Gasteiger partial charge in [-0.1, -0.05) is 0 Å². The Hall–Kier alpha value is -1.79. The highest BCUT2D eigenvalue weighted by Crippen LogP contribution is 2.48. The van der Waals surface area contributed by atoms with Crippen molar-refractivity contribution < 1.29 is 23.1 Å². The van der Waals surface area contributed by atoms with E-state index in [1.165, 1.54) is 16.9 Å². The lowest BCUT2D eigenvalue weighted by atomic mass is 9.76. The van der Waals surface area contributed by atoms with Crippen molar-refractivity contribution in [3.8, 4) is 6.07 Å². The number of halogens is 3. The summed E-state index contributed by atoms with van der Waals surface area (Å²) in [6, 6.07) is 2.26. The zero-order chi connectivity index (χ0) is 15.8. The van der Waals surface area contributed by atoms with Crippen LogP contribution in [-0.4, -0.2) is 30.3 Å². The fraction of sp³-hybridized carbons (Fsp3) is 0.500. The maximum Gasteiger partial charge on any atom is 0.490 e. The summed E-state index contributed by atoms with van der Waals surface area (Å²) < 4.78 is 31.7. The molecule has 114 valence electrons. The number of hydrogen-bond acceptors (Lipinski definition) is 5. The van der Waals surface area contributed by atoms with Gasteiger partial charge in [0.05, 0.1) is 5.56 Å². The van der Waals surface area contributed by atoms with E-state index in [0.29, 0.717) is 5.00 Å². The van der Waals surface area contributed by atoms with Crippen LogP contribution in [0.3, 0.4) is 0 Å². The van der Waals surface area contributed by atoms with Gasteiger partial charge in [0.2, 0.25) is 0 Å². The minimum Gasteiger partial charge on any atom is -0.475 e. The number of fused-ring (bicyclic) bond motifs is 2. The number of aryl methyl sites for hydroxylation is 1. The van der Waals surface area contributed by atoms with Gasteiger partial charge in [0.15, 0.2) is 0 Å². The van der Waals surface area contributed by atoms with Crippen LogP contribution in [0.25, 0.3) is 0 Å². The van der Waals surface area contributed by atoms with Crippen molar-refractivity contribution in [2.75, 3.05) is 18.8 Å². The first-order chi connectivity index (χ1) is 9.71. The fourth-order valence-corrected chi connectivity index (χ4v) is 3.74. The summed E-state index contributed by atoms with van der Waals surface area (Å²) in [6.07, 6.45) is -2.79. The molecule has 2 heterocycles. The summed E-state index contributed by atoms with van der Waals surface area (Å²) in [6.45, 7) is 2.04. The minimum atomic E-state index is -5.08. The SMILES string of the molecule is N#Cc1c(N)sc2c1C1(CC2)CNC1.O=C(O)C(F)(F)F. The molecule has 3 rings (SSSR count). The van der Waals surface area contributed by atoms with Crippen molar-refractivity contribution in [3.63, 3.8) is 0 Å². The van der Waals surface area contributed by atoms with Crippen molar-refractivity contribution >= 4 is 22.3 Å². The lowest BCUT2D eigenvalue weighted by Gasteiger charge is -2.40. The van der Waals surface area contributed by atoms with Crippen LogP contribution in [0.4, 0.5) is 18.2 Å². The summed E-state index contributed by atoms with van der Waals surface area (Å²) >= 11 is 1.61. The summed E-state index contributed by atoms with van der Waals surface area (Å²) in [4.78, 5) is 10.2. The lowest BCUT2D eigenvalue weighted by Crippen LogP contribution is -2.55. The Kier molecular flexibility index (Phi) is 3.86. The Morgan fingerprint density at radius 1 is 1.48 bits per heavy atom. The van der Waals surface area contributed by atoms with Gasteiger partial charge in [0, 0.05) is 23.4 Å². The Balaban J connectivity index is 0.000000199. The number of nitriles is 1. The molecule has 0 aromatic carbocycles. The summed E-state index contributed by atoms with van der Waals surface area (Å²) in [5, 5.41) is 20.2. The van der Waals surface area contributed by atoms with Gasteiger partial charge in [-0.3, -0.25) is 0 Å². The van der Waals surface area contributed by atoms with Gasteiger partial charge in [0.1, 0.15) is 11.1 Å². The van der Waals surface area contributed by atoms with Crippen molar-refractivity contribution in [2.45, 2.75) is 24.4 Å². The van der Waals surface area contributed by atoms with Crippen molar-refractivity contribution in [3.05, 3.63) is 16.0 Å². The molecule has 1 saturated heterocycles. The van der Waals surface area contributed by atoms with E-state index in [1.54, 1.807) is 11.3 Å². The van der Waals surface area contributed by atoms with Gasteiger partial charge in [-0.15, -0.1) is 11.3 Å². The molecule has 9 heteroatoms. The molecule has 2 aliphatic rings. The van der Waals surface area contributed by atoms with Crippen LogP contribution in [0.15, 0.2) is 0 Å². The lowest BCUT2D eigenvalue weighted by molar-refractivity contribution is -0.192. The standard InChI is InChI=1S/C10H11N3S.C2HF3O2/c11-3-6-8-7(14-9(6)12)1-2-10(8)4-13-5-10;3-2(4,5)1(6)7/h13H,1-2,4-5,12H2;(H,6,7). The van der Waals surface area contributed by atoms with Gasteiger partial charge in [-0.05, 0) is 18.4 Å². The maximum atomic E-state index is 10.6. The van der Waals surface area contributed by atoms with E-state index >= 15 is 0 Å². The Bertz CT molecular complexity index is 614. The largest absolute Gasteiger partial charge is 0.490 e. The third-order valence-corrected chi connectivity index (χ3v) is 4.73. The normalized spacial score (nSPS) is 18.2. The molecule has 0 saturated carbocycles. The molecule has 0 radical (unpaired) electrons. The predicted octanol–water partition coefficient (Wildman–Crippen LogP) is 1.62. The number of hydrogen-bond donors (Lipinski definition) is 3. The number of alkyl halides is 3. The number of carboxylic acids is 1. The highest BCUT2D eigenvalue weighted by molar-refractivity contribution is 7.16. The summed E-state index contributed by atoms with van der Waals surface area (Å²) in [5.41, 5.74) is 8.11. The van der Waals surface area contributed by atoms with Crippen LogP contribution < -0.4 is 11.1 Å². The van der Waals surface area contributed by atoms with Crippen LogP contribution >= 0.6 is 11.3 Å².